The Bertz CT molecular complexity index is 1250. The molecule has 5 heteroatoms. The second-order valence-corrected chi connectivity index (χ2v) is 7.04. The highest BCUT2D eigenvalue weighted by molar-refractivity contribution is 5.91. The predicted octanol–water partition coefficient (Wildman–Crippen LogP) is 6.97. The summed E-state index contributed by atoms with van der Waals surface area (Å²) in [4.78, 5) is 12.4. The van der Waals surface area contributed by atoms with Gasteiger partial charge in [-0.2, -0.15) is 4.39 Å². The Morgan fingerprint density at radius 1 is 0.710 bits per heavy atom. The number of halogens is 3. The Morgan fingerprint density at radius 3 is 2.06 bits per heavy atom. The highest BCUT2D eigenvalue weighted by Gasteiger charge is 2.19. The minimum atomic E-state index is -1.23. The summed E-state index contributed by atoms with van der Waals surface area (Å²) in [5.41, 5.74) is 2.65. The molecular weight excluding hydrogens is 401 g/mol. The molecule has 31 heavy (non-hydrogen) atoms. The lowest BCUT2D eigenvalue weighted by molar-refractivity contribution is 0.0727. The van der Waals surface area contributed by atoms with Gasteiger partial charge in [0.25, 0.3) is 0 Å². The molecule has 4 aromatic rings. The van der Waals surface area contributed by atoms with E-state index in [0.29, 0.717) is 22.3 Å². The summed E-state index contributed by atoms with van der Waals surface area (Å²) < 4.78 is 47.8. The van der Waals surface area contributed by atoms with Crippen molar-refractivity contribution >= 4 is 5.97 Å². The fourth-order valence-electron chi connectivity index (χ4n) is 3.18. The fourth-order valence-corrected chi connectivity index (χ4v) is 3.18. The molecule has 0 aliphatic heterocycles. The number of ether oxygens (including phenoxy) is 1. The first kappa shape index (κ1) is 20.4. The minimum Gasteiger partial charge on any atom is -0.420 e. The van der Waals surface area contributed by atoms with Crippen LogP contribution in [0.3, 0.4) is 0 Å². The lowest BCUT2D eigenvalue weighted by atomic mass is 10.0. The van der Waals surface area contributed by atoms with Crippen molar-refractivity contribution in [2.24, 2.45) is 0 Å². The molecule has 4 rings (SSSR count). The summed E-state index contributed by atoms with van der Waals surface area (Å²) in [6.45, 7) is 1.67. The molecule has 154 valence electrons. The van der Waals surface area contributed by atoms with Gasteiger partial charge in [-0.1, -0.05) is 54.6 Å². The molecule has 0 spiro atoms. The topological polar surface area (TPSA) is 26.3 Å². The molecule has 0 bridgehead atoms. The number of hydrogen-bond donors (Lipinski definition) is 0. The molecule has 0 fully saturated rings. The molecule has 0 N–H and O–H groups in total. The summed E-state index contributed by atoms with van der Waals surface area (Å²) in [5.74, 6) is -3.97. The van der Waals surface area contributed by atoms with Crippen molar-refractivity contribution in [1.29, 1.82) is 0 Å². The Kier molecular flexibility index (Phi) is 5.58. The van der Waals surface area contributed by atoms with Gasteiger partial charge in [0.1, 0.15) is 5.82 Å². The maximum atomic E-state index is 14.5. The minimum absolute atomic E-state index is 0.0765. The van der Waals surface area contributed by atoms with Crippen LogP contribution in [0.25, 0.3) is 22.3 Å². The highest BCUT2D eigenvalue weighted by atomic mass is 19.2. The van der Waals surface area contributed by atoms with Gasteiger partial charge in [-0.15, -0.1) is 0 Å². The van der Waals surface area contributed by atoms with Gasteiger partial charge in [0.05, 0.1) is 5.56 Å². The first-order valence-corrected chi connectivity index (χ1v) is 9.56. The normalized spacial score (nSPS) is 10.7. The Hall–Kier alpha value is -3.86. The van der Waals surface area contributed by atoms with Gasteiger partial charge in [-0.25, -0.2) is 13.6 Å². The average molecular weight is 418 g/mol. The zero-order valence-corrected chi connectivity index (χ0v) is 16.5. The van der Waals surface area contributed by atoms with Gasteiger partial charge >= 0.3 is 5.97 Å². The van der Waals surface area contributed by atoms with E-state index in [4.69, 9.17) is 4.74 Å². The molecule has 0 aliphatic rings. The molecule has 0 heterocycles. The van der Waals surface area contributed by atoms with Crippen molar-refractivity contribution in [3.05, 3.63) is 114 Å². The third-order valence-corrected chi connectivity index (χ3v) is 4.96. The van der Waals surface area contributed by atoms with Gasteiger partial charge in [0.15, 0.2) is 11.6 Å². The summed E-state index contributed by atoms with van der Waals surface area (Å²) in [6, 6.07) is 22.2. The second kappa shape index (κ2) is 8.48. The summed E-state index contributed by atoms with van der Waals surface area (Å²) in [5, 5.41) is 0. The quantitative estimate of drug-likeness (QED) is 0.264. The van der Waals surface area contributed by atoms with Crippen LogP contribution in [0.5, 0.6) is 5.75 Å². The first-order chi connectivity index (χ1) is 14.9. The zero-order chi connectivity index (χ0) is 22.0. The molecule has 2 nitrogen and oxygen atoms in total. The van der Waals surface area contributed by atoms with Crippen LogP contribution in [0, 0.1) is 24.4 Å². The van der Waals surface area contributed by atoms with Crippen LogP contribution in [0.2, 0.25) is 0 Å². The van der Waals surface area contributed by atoms with Crippen molar-refractivity contribution in [2.75, 3.05) is 0 Å². The maximum Gasteiger partial charge on any atom is 0.343 e. The fraction of sp³-hybridized carbons (Fsp3) is 0.0385. The zero-order valence-electron chi connectivity index (χ0n) is 16.5. The number of carbonyl (C=O) groups excluding carboxylic acids is 1. The van der Waals surface area contributed by atoms with E-state index in [1.807, 2.05) is 0 Å². The van der Waals surface area contributed by atoms with Crippen LogP contribution in [-0.4, -0.2) is 5.97 Å². The third-order valence-electron chi connectivity index (χ3n) is 4.96. The van der Waals surface area contributed by atoms with Gasteiger partial charge in [-0.05, 0) is 59.5 Å². The van der Waals surface area contributed by atoms with E-state index in [1.165, 1.54) is 30.3 Å². The Labute approximate surface area is 177 Å². The second-order valence-electron chi connectivity index (χ2n) is 7.04. The highest BCUT2D eigenvalue weighted by Crippen LogP contribution is 2.30. The predicted molar refractivity (Wildman–Crippen MR) is 113 cm³/mol. The Balaban J connectivity index is 1.54. The maximum absolute atomic E-state index is 14.5. The van der Waals surface area contributed by atoms with Crippen LogP contribution < -0.4 is 4.74 Å². The molecule has 0 amide bonds. The van der Waals surface area contributed by atoms with Crippen LogP contribution in [0.1, 0.15) is 15.9 Å². The van der Waals surface area contributed by atoms with E-state index in [9.17, 15) is 18.0 Å². The van der Waals surface area contributed by atoms with E-state index in [2.05, 4.69) is 0 Å². The molecule has 4 aromatic carbocycles. The lowest BCUT2D eigenvalue weighted by Crippen LogP contribution is -2.10. The SMILES string of the molecule is Cc1ccc(-c2ccc(C(=O)Oc3ccc(-c4ccccc4)c(F)c3F)cc2)cc1F. The number of aryl methyl sites for hydroxylation is 1. The molecule has 0 saturated carbocycles. The molecule has 0 radical (unpaired) electrons. The van der Waals surface area contributed by atoms with Crippen molar-refractivity contribution in [2.45, 2.75) is 6.92 Å². The number of esters is 1. The van der Waals surface area contributed by atoms with Crippen molar-refractivity contribution < 1.29 is 22.7 Å². The molecule has 0 unspecified atom stereocenters. The van der Waals surface area contributed by atoms with Crippen LogP contribution in [0.4, 0.5) is 13.2 Å². The van der Waals surface area contributed by atoms with Crippen molar-refractivity contribution in [3.63, 3.8) is 0 Å². The van der Waals surface area contributed by atoms with Crippen LogP contribution in [0.15, 0.2) is 84.9 Å². The first-order valence-electron chi connectivity index (χ1n) is 9.56. The van der Waals surface area contributed by atoms with E-state index in [0.717, 1.165) is 0 Å². The number of carbonyl (C=O) groups is 1. The molecular formula is C26H17F3O2. The van der Waals surface area contributed by atoms with Gasteiger partial charge in [0.2, 0.25) is 5.82 Å². The summed E-state index contributed by atoms with van der Waals surface area (Å²) in [7, 11) is 0. The monoisotopic (exact) mass is 418 g/mol. The van der Waals surface area contributed by atoms with Crippen LogP contribution in [-0.2, 0) is 0 Å². The molecule has 0 aliphatic carbocycles. The van der Waals surface area contributed by atoms with Gasteiger partial charge in [0, 0.05) is 5.56 Å². The number of rotatable bonds is 4. The summed E-state index contributed by atoms with van der Waals surface area (Å²) in [6.07, 6.45) is 0. The lowest BCUT2D eigenvalue weighted by Gasteiger charge is -2.10. The average Bonchev–Trinajstić information content (AvgIpc) is 2.79. The van der Waals surface area contributed by atoms with Crippen molar-refractivity contribution in [3.8, 4) is 28.0 Å². The largest absolute Gasteiger partial charge is 0.420 e. The molecule has 0 atom stereocenters. The smallest absolute Gasteiger partial charge is 0.343 e. The van der Waals surface area contributed by atoms with Crippen LogP contribution >= 0.6 is 0 Å². The van der Waals surface area contributed by atoms with E-state index in [1.54, 1.807) is 61.5 Å². The van der Waals surface area contributed by atoms with E-state index in [-0.39, 0.29) is 16.9 Å². The van der Waals surface area contributed by atoms with E-state index >= 15 is 0 Å². The van der Waals surface area contributed by atoms with E-state index < -0.39 is 23.4 Å². The summed E-state index contributed by atoms with van der Waals surface area (Å²) >= 11 is 0. The van der Waals surface area contributed by atoms with Crippen molar-refractivity contribution in [1.82, 2.24) is 0 Å². The molecule has 0 aromatic heterocycles. The number of hydrogen-bond acceptors (Lipinski definition) is 2. The molecule has 0 saturated heterocycles. The van der Waals surface area contributed by atoms with Gasteiger partial charge < -0.3 is 4.74 Å². The standard InChI is InChI=1S/C26H17F3O2/c1-16-7-8-20(15-22(16)27)17-9-11-19(12-10-17)26(30)31-23-14-13-21(24(28)25(23)29)18-5-3-2-4-6-18/h2-15H,1H3. The number of benzene rings is 4. The Morgan fingerprint density at radius 2 is 1.39 bits per heavy atom. The van der Waals surface area contributed by atoms with Gasteiger partial charge in [-0.3, -0.25) is 0 Å². The third kappa shape index (κ3) is 4.21.